The molecule has 0 spiro atoms. The fraction of sp³-hybridized carbons (Fsp3) is 0.632. The van der Waals surface area contributed by atoms with Crippen molar-refractivity contribution in [2.24, 2.45) is 5.92 Å². The molecule has 2 aliphatic rings. The largest absolute Gasteiger partial charge is 0.490 e. The van der Waals surface area contributed by atoms with E-state index in [1.54, 1.807) is 0 Å². The van der Waals surface area contributed by atoms with E-state index in [4.69, 9.17) is 4.74 Å². The fourth-order valence-corrected chi connectivity index (χ4v) is 3.65. The number of para-hydroxylation sites is 1. The maximum atomic E-state index is 12.4. The summed E-state index contributed by atoms with van der Waals surface area (Å²) in [5, 5.41) is 6.50. The zero-order valence-corrected chi connectivity index (χ0v) is 15.2. The van der Waals surface area contributed by atoms with Crippen LogP contribution < -0.4 is 15.4 Å². The number of carbonyl (C=O) groups excluding carboxylic acids is 1. The van der Waals surface area contributed by atoms with Gasteiger partial charge >= 0.3 is 0 Å². The Kier molecular flexibility index (Phi) is 7.38. The predicted octanol–water partition coefficient (Wildman–Crippen LogP) is 3.43. The van der Waals surface area contributed by atoms with Crippen LogP contribution in [0.2, 0.25) is 0 Å². The van der Waals surface area contributed by atoms with Crippen LogP contribution in [-0.4, -0.2) is 24.6 Å². The normalized spacial score (nSPS) is 24.2. The maximum Gasteiger partial charge on any atom is 0.223 e. The van der Waals surface area contributed by atoms with Crippen molar-refractivity contribution in [3.05, 3.63) is 29.8 Å². The first-order valence-electron chi connectivity index (χ1n) is 8.98. The molecule has 2 atom stereocenters. The Hall–Kier alpha value is -1.26. The first-order valence-corrected chi connectivity index (χ1v) is 8.98. The third kappa shape index (κ3) is 5.12. The molecule has 0 aromatic heterocycles. The summed E-state index contributed by atoms with van der Waals surface area (Å²) in [5.74, 6) is 1.24. The molecule has 2 N–H and O–H groups in total. The molecule has 134 valence electrons. The molecule has 1 aromatic carbocycles. The molecule has 0 bridgehead atoms. The van der Waals surface area contributed by atoms with Gasteiger partial charge < -0.3 is 15.4 Å². The minimum absolute atomic E-state index is 0. The van der Waals surface area contributed by atoms with Gasteiger partial charge in [0.05, 0.1) is 6.10 Å². The molecule has 24 heavy (non-hydrogen) atoms. The van der Waals surface area contributed by atoms with E-state index in [0.717, 1.165) is 43.5 Å². The number of nitrogens with one attached hydrogen (secondary N) is 2. The van der Waals surface area contributed by atoms with E-state index in [-0.39, 0.29) is 24.2 Å². The molecule has 1 aliphatic carbocycles. The van der Waals surface area contributed by atoms with Crippen molar-refractivity contribution in [3.63, 3.8) is 0 Å². The molecular weight excluding hydrogens is 324 g/mol. The molecule has 2 fully saturated rings. The Morgan fingerprint density at radius 1 is 1.25 bits per heavy atom. The van der Waals surface area contributed by atoms with Gasteiger partial charge in [-0.2, -0.15) is 0 Å². The van der Waals surface area contributed by atoms with Gasteiger partial charge in [-0.05, 0) is 58.1 Å². The predicted molar refractivity (Wildman–Crippen MR) is 98.6 cm³/mol. The zero-order valence-electron chi connectivity index (χ0n) is 14.4. The number of carbonyl (C=O) groups is 1. The minimum atomic E-state index is 0. The van der Waals surface area contributed by atoms with E-state index in [0.29, 0.717) is 18.7 Å². The van der Waals surface area contributed by atoms with Crippen molar-refractivity contribution in [1.82, 2.24) is 10.6 Å². The minimum Gasteiger partial charge on any atom is -0.490 e. The van der Waals surface area contributed by atoms with E-state index in [1.807, 2.05) is 18.2 Å². The molecule has 1 amide bonds. The zero-order chi connectivity index (χ0) is 16.1. The second kappa shape index (κ2) is 9.28. The summed E-state index contributed by atoms with van der Waals surface area (Å²) in [6.45, 7) is 3.63. The van der Waals surface area contributed by atoms with E-state index in [1.165, 1.54) is 12.8 Å². The molecule has 1 heterocycles. The van der Waals surface area contributed by atoms with Crippen molar-refractivity contribution in [2.45, 2.75) is 64.1 Å². The third-order valence-electron chi connectivity index (χ3n) is 5.02. The molecule has 0 radical (unpaired) electrons. The van der Waals surface area contributed by atoms with Crippen LogP contribution in [0.15, 0.2) is 24.3 Å². The van der Waals surface area contributed by atoms with E-state index < -0.39 is 0 Å². The number of halogens is 1. The molecule has 1 saturated carbocycles. The smallest absolute Gasteiger partial charge is 0.223 e. The third-order valence-corrected chi connectivity index (χ3v) is 5.02. The molecule has 0 unspecified atom stereocenters. The van der Waals surface area contributed by atoms with Gasteiger partial charge in [0.25, 0.3) is 0 Å². The van der Waals surface area contributed by atoms with Crippen LogP contribution in [0.4, 0.5) is 0 Å². The molecular formula is C19H29ClN2O2. The maximum absolute atomic E-state index is 12.4. The van der Waals surface area contributed by atoms with Gasteiger partial charge in [-0.25, -0.2) is 0 Å². The lowest BCUT2D eigenvalue weighted by Crippen LogP contribution is -2.42. The fourth-order valence-electron chi connectivity index (χ4n) is 3.65. The number of benzene rings is 1. The molecule has 1 aromatic rings. The molecule has 3 rings (SSSR count). The number of rotatable bonds is 5. The van der Waals surface area contributed by atoms with E-state index in [2.05, 4.69) is 23.6 Å². The van der Waals surface area contributed by atoms with Gasteiger partial charge in [0, 0.05) is 24.1 Å². The summed E-state index contributed by atoms with van der Waals surface area (Å²) < 4.78 is 6.14. The van der Waals surface area contributed by atoms with Crippen LogP contribution in [0.5, 0.6) is 5.75 Å². The molecule has 1 aliphatic heterocycles. The lowest BCUT2D eigenvalue weighted by atomic mass is 9.92. The Morgan fingerprint density at radius 3 is 2.75 bits per heavy atom. The lowest BCUT2D eigenvalue weighted by Gasteiger charge is -2.27. The highest BCUT2D eigenvalue weighted by Gasteiger charge is 2.24. The average Bonchev–Trinajstić information content (AvgIpc) is 3.07. The summed E-state index contributed by atoms with van der Waals surface area (Å²) in [6.07, 6.45) is 7.01. The number of amides is 1. The molecule has 5 heteroatoms. The van der Waals surface area contributed by atoms with Crippen LogP contribution in [0, 0.1) is 5.92 Å². The highest BCUT2D eigenvalue weighted by atomic mass is 35.5. The van der Waals surface area contributed by atoms with Crippen molar-refractivity contribution < 1.29 is 9.53 Å². The van der Waals surface area contributed by atoms with Crippen molar-refractivity contribution in [1.29, 1.82) is 0 Å². The van der Waals surface area contributed by atoms with E-state index >= 15 is 0 Å². The summed E-state index contributed by atoms with van der Waals surface area (Å²) >= 11 is 0. The van der Waals surface area contributed by atoms with Crippen LogP contribution in [0.25, 0.3) is 0 Å². The average molecular weight is 353 g/mol. The number of hydrogen-bond donors (Lipinski definition) is 2. The molecule has 1 saturated heterocycles. The molecule has 4 nitrogen and oxygen atoms in total. The number of ether oxygens (including phenoxy) is 1. The highest BCUT2D eigenvalue weighted by molar-refractivity contribution is 5.85. The highest BCUT2D eigenvalue weighted by Crippen LogP contribution is 2.26. The Morgan fingerprint density at radius 2 is 2.00 bits per heavy atom. The van der Waals surface area contributed by atoms with Crippen LogP contribution in [-0.2, 0) is 11.3 Å². The van der Waals surface area contributed by atoms with Gasteiger partial charge in [-0.1, -0.05) is 18.2 Å². The first-order chi connectivity index (χ1) is 11.2. The standard InChI is InChI=1S/C19H28N2O2.ClH/c1-14-12-15(10-11-20-14)19(22)21-13-16-6-2-5-9-18(16)23-17-7-3-4-8-17;/h2,5-6,9,14-15,17,20H,3-4,7-8,10-13H2,1H3,(H,21,22);1H/t14-,15-;/m0./s1. The van der Waals surface area contributed by atoms with Crippen molar-refractivity contribution in [2.75, 3.05) is 6.54 Å². The first kappa shape index (κ1) is 19.1. The topological polar surface area (TPSA) is 50.4 Å². The summed E-state index contributed by atoms with van der Waals surface area (Å²) in [4.78, 5) is 12.4. The second-order valence-electron chi connectivity index (χ2n) is 6.93. The SMILES string of the molecule is C[C@H]1C[C@@H](C(=O)NCc2ccccc2OC2CCCC2)CCN1.Cl. The van der Waals surface area contributed by atoms with Gasteiger partial charge in [-0.15, -0.1) is 12.4 Å². The van der Waals surface area contributed by atoms with E-state index in [9.17, 15) is 4.79 Å². The number of hydrogen-bond acceptors (Lipinski definition) is 3. The Balaban J connectivity index is 0.00000208. The summed E-state index contributed by atoms with van der Waals surface area (Å²) in [6, 6.07) is 8.51. The van der Waals surface area contributed by atoms with Gasteiger partial charge in [0.1, 0.15) is 5.75 Å². The Bertz CT molecular complexity index is 532. The quantitative estimate of drug-likeness (QED) is 0.853. The number of piperidine rings is 1. The summed E-state index contributed by atoms with van der Waals surface area (Å²) in [5.41, 5.74) is 1.08. The van der Waals surface area contributed by atoms with Crippen molar-refractivity contribution >= 4 is 18.3 Å². The lowest BCUT2D eigenvalue weighted by molar-refractivity contribution is -0.126. The van der Waals surface area contributed by atoms with Crippen LogP contribution in [0.3, 0.4) is 0 Å². The van der Waals surface area contributed by atoms with Crippen molar-refractivity contribution in [3.8, 4) is 5.75 Å². The van der Waals surface area contributed by atoms with Gasteiger partial charge in [0.2, 0.25) is 5.91 Å². The van der Waals surface area contributed by atoms with Crippen LogP contribution >= 0.6 is 12.4 Å². The second-order valence-corrected chi connectivity index (χ2v) is 6.93. The Labute approximate surface area is 151 Å². The summed E-state index contributed by atoms with van der Waals surface area (Å²) in [7, 11) is 0. The monoisotopic (exact) mass is 352 g/mol. The van der Waals surface area contributed by atoms with Crippen LogP contribution in [0.1, 0.15) is 51.0 Å². The van der Waals surface area contributed by atoms with Gasteiger partial charge in [0.15, 0.2) is 0 Å². The van der Waals surface area contributed by atoms with Gasteiger partial charge in [-0.3, -0.25) is 4.79 Å².